The monoisotopic (exact) mass is 229 g/mol. The van der Waals surface area contributed by atoms with E-state index in [1.165, 1.54) is 0 Å². The third kappa shape index (κ3) is 5.92. The third-order valence-corrected chi connectivity index (χ3v) is 2.26. The van der Waals surface area contributed by atoms with Crippen molar-refractivity contribution in [2.45, 2.75) is 38.8 Å². The Morgan fingerprint density at radius 3 is 3.06 bits per heavy atom. The summed E-state index contributed by atoms with van der Waals surface area (Å²) in [4.78, 5) is 4.20. The smallest absolute Gasteiger partial charge is 0.188 e. The summed E-state index contributed by atoms with van der Waals surface area (Å²) in [5.74, 6) is 0.513. The lowest BCUT2D eigenvalue weighted by molar-refractivity contribution is 0.0424. The first-order valence-corrected chi connectivity index (χ1v) is 5.94. The predicted molar refractivity (Wildman–Crippen MR) is 64.6 cm³/mol. The van der Waals surface area contributed by atoms with Crippen LogP contribution in [0.25, 0.3) is 0 Å². The molecule has 1 fully saturated rings. The molecule has 0 saturated carbocycles. The molecule has 3 N–H and O–H groups in total. The number of guanidine groups is 1. The molecule has 5 nitrogen and oxygen atoms in total. The van der Waals surface area contributed by atoms with Crippen molar-refractivity contribution in [2.75, 3.05) is 26.4 Å². The molecule has 0 aromatic carbocycles. The van der Waals surface area contributed by atoms with Crippen LogP contribution in [0.15, 0.2) is 4.99 Å². The van der Waals surface area contributed by atoms with Crippen LogP contribution in [0.2, 0.25) is 0 Å². The Hall–Kier alpha value is -0.810. The lowest BCUT2D eigenvalue weighted by atomic mass is 10.3. The van der Waals surface area contributed by atoms with E-state index in [2.05, 4.69) is 10.3 Å². The average Bonchev–Trinajstić information content (AvgIpc) is 2.68. The van der Waals surface area contributed by atoms with Gasteiger partial charge < -0.3 is 20.5 Å². The van der Waals surface area contributed by atoms with Gasteiger partial charge in [0.05, 0.1) is 12.7 Å². The molecule has 1 unspecified atom stereocenters. The Bertz CT molecular complexity index is 213. The molecule has 16 heavy (non-hydrogen) atoms. The number of rotatable bonds is 6. The van der Waals surface area contributed by atoms with Gasteiger partial charge in [-0.1, -0.05) is 0 Å². The Labute approximate surface area is 97.4 Å². The molecule has 1 rings (SSSR count). The fraction of sp³-hybridized carbons (Fsp3) is 0.909. The third-order valence-electron chi connectivity index (χ3n) is 2.26. The van der Waals surface area contributed by atoms with Crippen LogP contribution in [-0.2, 0) is 9.47 Å². The second-order valence-electron chi connectivity index (χ2n) is 4.28. The summed E-state index contributed by atoms with van der Waals surface area (Å²) in [5.41, 5.74) is 5.66. The number of nitrogens with one attached hydrogen (secondary N) is 1. The van der Waals surface area contributed by atoms with Crippen molar-refractivity contribution < 1.29 is 9.47 Å². The van der Waals surface area contributed by atoms with Gasteiger partial charge in [0.2, 0.25) is 0 Å². The fourth-order valence-electron chi connectivity index (χ4n) is 1.50. The van der Waals surface area contributed by atoms with Crippen molar-refractivity contribution in [2.24, 2.45) is 10.7 Å². The molecule has 1 saturated heterocycles. The first-order chi connectivity index (χ1) is 7.68. The van der Waals surface area contributed by atoms with Crippen LogP contribution in [0.4, 0.5) is 0 Å². The molecule has 5 heteroatoms. The topological polar surface area (TPSA) is 68.9 Å². The first-order valence-electron chi connectivity index (χ1n) is 5.94. The molecule has 0 aromatic heterocycles. The highest BCUT2D eigenvalue weighted by molar-refractivity contribution is 5.77. The number of hydrogen-bond donors (Lipinski definition) is 2. The molecule has 0 bridgehead atoms. The SMILES string of the molecule is CC(C)NC(N)=NCCCOC1CCOC1. The summed E-state index contributed by atoms with van der Waals surface area (Å²) in [7, 11) is 0. The van der Waals surface area contributed by atoms with Crippen molar-refractivity contribution >= 4 is 5.96 Å². The maximum Gasteiger partial charge on any atom is 0.188 e. The maximum atomic E-state index is 5.66. The van der Waals surface area contributed by atoms with Gasteiger partial charge in [0, 0.05) is 25.8 Å². The molecule has 1 atom stereocenters. The summed E-state index contributed by atoms with van der Waals surface area (Å²) in [6.45, 7) is 7.07. The summed E-state index contributed by atoms with van der Waals surface area (Å²) in [6.07, 6.45) is 2.20. The van der Waals surface area contributed by atoms with Gasteiger partial charge in [-0.05, 0) is 26.7 Å². The van der Waals surface area contributed by atoms with Gasteiger partial charge in [-0.15, -0.1) is 0 Å². The number of aliphatic imine (C=N–C) groups is 1. The van der Waals surface area contributed by atoms with Crippen molar-refractivity contribution in [3.05, 3.63) is 0 Å². The van der Waals surface area contributed by atoms with E-state index in [9.17, 15) is 0 Å². The normalized spacial score (nSPS) is 21.7. The standard InChI is InChI=1S/C11H23N3O2/c1-9(2)14-11(12)13-5-3-6-16-10-4-7-15-8-10/h9-10H,3-8H2,1-2H3,(H3,12,13,14). The number of hydrogen-bond acceptors (Lipinski definition) is 3. The molecule has 0 spiro atoms. The van der Waals surface area contributed by atoms with Gasteiger partial charge in [0.15, 0.2) is 5.96 Å². The van der Waals surface area contributed by atoms with Crippen LogP contribution in [0, 0.1) is 0 Å². The zero-order valence-corrected chi connectivity index (χ0v) is 10.2. The Balaban J connectivity index is 1.97. The average molecular weight is 229 g/mol. The van der Waals surface area contributed by atoms with E-state index >= 15 is 0 Å². The van der Waals surface area contributed by atoms with E-state index in [-0.39, 0.29) is 6.10 Å². The minimum Gasteiger partial charge on any atom is -0.379 e. The molecule has 1 heterocycles. The number of nitrogens with two attached hydrogens (primary N) is 1. The minimum atomic E-state index is 0.287. The molecule has 0 aliphatic carbocycles. The molecule has 0 amide bonds. The quantitative estimate of drug-likeness (QED) is 0.395. The van der Waals surface area contributed by atoms with Crippen molar-refractivity contribution in [1.82, 2.24) is 5.32 Å². The zero-order valence-electron chi connectivity index (χ0n) is 10.2. The zero-order chi connectivity index (χ0) is 11.8. The van der Waals surface area contributed by atoms with Crippen LogP contribution >= 0.6 is 0 Å². The van der Waals surface area contributed by atoms with Gasteiger partial charge in [-0.2, -0.15) is 0 Å². The van der Waals surface area contributed by atoms with Crippen molar-refractivity contribution in [3.8, 4) is 0 Å². The van der Waals surface area contributed by atoms with E-state index in [1.54, 1.807) is 0 Å². The van der Waals surface area contributed by atoms with Gasteiger partial charge in [-0.25, -0.2) is 0 Å². The van der Waals surface area contributed by atoms with Gasteiger partial charge in [-0.3, -0.25) is 4.99 Å². The highest BCUT2D eigenvalue weighted by Gasteiger charge is 2.14. The number of nitrogens with zero attached hydrogens (tertiary/aromatic N) is 1. The van der Waals surface area contributed by atoms with Crippen molar-refractivity contribution in [3.63, 3.8) is 0 Å². The molecule has 0 aromatic rings. The van der Waals surface area contributed by atoms with E-state index < -0.39 is 0 Å². The number of ether oxygens (including phenoxy) is 2. The summed E-state index contributed by atoms with van der Waals surface area (Å²) >= 11 is 0. The lowest BCUT2D eigenvalue weighted by Crippen LogP contribution is -2.36. The van der Waals surface area contributed by atoms with Crippen LogP contribution in [0.5, 0.6) is 0 Å². The van der Waals surface area contributed by atoms with Gasteiger partial charge >= 0.3 is 0 Å². The Morgan fingerprint density at radius 1 is 1.62 bits per heavy atom. The Morgan fingerprint density at radius 2 is 2.44 bits per heavy atom. The van der Waals surface area contributed by atoms with E-state index in [1.807, 2.05) is 13.8 Å². The maximum absolute atomic E-state index is 5.66. The van der Waals surface area contributed by atoms with E-state index in [0.29, 0.717) is 18.5 Å². The highest BCUT2D eigenvalue weighted by atomic mass is 16.5. The molecular formula is C11H23N3O2. The van der Waals surface area contributed by atoms with Crippen molar-refractivity contribution in [1.29, 1.82) is 0 Å². The van der Waals surface area contributed by atoms with E-state index in [4.69, 9.17) is 15.2 Å². The summed E-state index contributed by atoms with van der Waals surface area (Å²) in [6, 6.07) is 0.329. The molecule has 94 valence electrons. The fourth-order valence-corrected chi connectivity index (χ4v) is 1.50. The first kappa shape index (κ1) is 13.3. The second-order valence-corrected chi connectivity index (χ2v) is 4.28. The van der Waals surface area contributed by atoms with Gasteiger partial charge in [0.25, 0.3) is 0 Å². The van der Waals surface area contributed by atoms with Crippen LogP contribution in [0.1, 0.15) is 26.7 Å². The van der Waals surface area contributed by atoms with Gasteiger partial charge in [0.1, 0.15) is 0 Å². The predicted octanol–water partition coefficient (Wildman–Crippen LogP) is 0.495. The van der Waals surface area contributed by atoms with E-state index in [0.717, 1.165) is 32.7 Å². The molecular weight excluding hydrogens is 206 g/mol. The molecule has 1 aliphatic rings. The largest absolute Gasteiger partial charge is 0.379 e. The molecule has 0 radical (unpaired) electrons. The summed E-state index contributed by atoms with van der Waals surface area (Å²) < 4.78 is 10.8. The Kier molecular flexibility index (Phi) is 6.18. The van der Waals surface area contributed by atoms with Crippen LogP contribution in [0.3, 0.4) is 0 Å². The van der Waals surface area contributed by atoms with Crippen LogP contribution in [-0.4, -0.2) is 44.5 Å². The molecule has 1 aliphatic heterocycles. The highest BCUT2D eigenvalue weighted by Crippen LogP contribution is 2.07. The lowest BCUT2D eigenvalue weighted by Gasteiger charge is -2.10. The second kappa shape index (κ2) is 7.46. The van der Waals surface area contributed by atoms with Crippen LogP contribution < -0.4 is 11.1 Å². The minimum absolute atomic E-state index is 0.287. The summed E-state index contributed by atoms with van der Waals surface area (Å²) in [5, 5.41) is 3.04.